The van der Waals surface area contributed by atoms with Crippen molar-refractivity contribution in [3.05, 3.63) is 42.2 Å². The van der Waals surface area contributed by atoms with Gasteiger partial charge in [0, 0.05) is 0 Å². The van der Waals surface area contributed by atoms with E-state index in [4.69, 9.17) is 0 Å². The topological polar surface area (TPSA) is 63.2 Å². The molecule has 1 amide bonds. The Morgan fingerprint density at radius 3 is 2.50 bits per heavy atom. The lowest BCUT2D eigenvalue weighted by atomic mass is 10.2. The summed E-state index contributed by atoms with van der Waals surface area (Å²) in [7, 11) is -3.78. The standard InChI is InChI=1S/C12H12F3NO3S/c1-3-6-20(18,19)7(2)12(17)16-9-5-4-8(13)10(14)11(9)15/h3-5,7H,1,6H2,2H3,(H,16,17). The Morgan fingerprint density at radius 2 is 1.95 bits per heavy atom. The van der Waals surface area contributed by atoms with E-state index in [2.05, 4.69) is 6.58 Å². The Morgan fingerprint density at radius 1 is 1.35 bits per heavy atom. The predicted octanol–water partition coefficient (Wildman–Crippen LogP) is 2.03. The van der Waals surface area contributed by atoms with E-state index in [1.807, 2.05) is 5.32 Å². The molecule has 1 unspecified atom stereocenters. The molecule has 1 aromatic carbocycles. The van der Waals surface area contributed by atoms with Crippen molar-refractivity contribution in [1.29, 1.82) is 0 Å². The number of halogens is 3. The third-order valence-corrected chi connectivity index (χ3v) is 4.54. The molecule has 8 heteroatoms. The van der Waals surface area contributed by atoms with E-state index in [1.54, 1.807) is 0 Å². The Balaban J connectivity index is 2.97. The first kappa shape index (κ1) is 16.2. The zero-order valence-electron chi connectivity index (χ0n) is 10.5. The summed E-state index contributed by atoms with van der Waals surface area (Å²) >= 11 is 0. The van der Waals surface area contributed by atoms with Crippen LogP contribution in [0.4, 0.5) is 18.9 Å². The highest BCUT2D eigenvalue weighted by molar-refractivity contribution is 7.92. The fourth-order valence-electron chi connectivity index (χ4n) is 1.33. The van der Waals surface area contributed by atoms with E-state index in [-0.39, 0.29) is 0 Å². The molecule has 1 N–H and O–H groups in total. The van der Waals surface area contributed by atoms with Gasteiger partial charge >= 0.3 is 0 Å². The summed E-state index contributed by atoms with van der Waals surface area (Å²) in [6, 6.07) is 1.43. The van der Waals surface area contributed by atoms with Crippen LogP contribution in [0, 0.1) is 17.5 Å². The molecule has 0 aromatic heterocycles. The van der Waals surface area contributed by atoms with Crippen molar-refractivity contribution < 1.29 is 26.4 Å². The fraction of sp³-hybridized carbons (Fsp3) is 0.250. The minimum absolute atomic E-state index is 0.429. The third kappa shape index (κ3) is 3.38. The second-order valence-corrected chi connectivity index (χ2v) is 6.34. The van der Waals surface area contributed by atoms with Gasteiger partial charge in [0.05, 0.1) is 11.4 Å². The summed E-state index contributed by atoms with van der Waals surface area (Å²) in [4.78, 5) is 11.7. The molecule has 0 radical (unpaired) electrons. The molecule has 0 aliphatic carbocycles. The molecule has 0 saturated carbocycles. The number of carbonyl (C=O) groups excluding carboxylic acids is 1. The SMILES string of the molecule is C=CCS(=O)(=O)C(C)C(=O)Nc1ccc(F)c(F)c1F. The Kier molecular flexibility index (Phi) is 4.93. The van der Waals surface area contributed by atoms with Crippen molar-refractivity contribution in [2.75, 3.05) is 11.1 Å². The smallest absolute Gasteiger partial charge is 0.242 e. The average Bonchev–Trinajstić information content (AvgIpc) is 2.38. The van der Waals surface area contributed by atoms with E-state index in [1.165, 1.54) is 0 Å². The van der Waals surface area contributed by atoms with Crippen molar-refractivity contribution in [2.45, 2.75) is 12.2 Å². The first-order valence-corrected chi connectivity index (χ1v) is 7.19. The minimum atomic E-state index is -3.78. The van der Waals surface area contributed by atoms with E-state index >= 15 is 0 Å². The molecule has 0 spiro atoms. The van der Waals surface area contributed by atoms with E-state index < -0.39 is 49.9 Å². The first-order valence-electron chi connectivity index (χ1n) is 5.47. The highest BCUT2D eigenvalue weighted by Gasteiger charge is 2.27. The molecule has 0 heterocycles. The average molecular weight is 307 g/mol. The van der Waals surface area contributed by atoms with Crippen LogP contribution in [0.25, 0.3) is 0 Å². The maximum atomic E-state index is 13.3. The molecule has 4 nitrogen and oxygen atoms in total. The number of hydrogen-bond acceptors (Lipinski definition) is 3. The highest BCUT2D eigenvalue weighted by atomic mass is 32.2. The van der Waals surface area contributed by atoms with Crippen LogP contribution in [0.15, 0.2) is 24.8 Å². The summed E-state index contributed by atoms with van der Waals surface area (Å²) in [6.45, 7) is 4.35. The van der Waals surface area contributed by atoms with Crippen LogP contribution in [0.5, 0.6) is 0 Å². The largest absolute Gasteiger partial charge is 0.322 e. The number of hydrogen-bond donors (Lipinski definition) is 1. The quantitative estimate of drug-likeness (QED) is 0.669. The Labute approximate surface area is 114 Å². The van der Waals surface area contributed by atoms with Gasteiger partial charge in [-0.3, -0.25) is 4.79 Å². The molecular formula is C12H12F3NO3S. The highest BCUT2D eigenvalue weighted by Crippen LogP contribution is 2.20. The number of amides is 1. The van der Waals surface area contributed by atoms with Gasteiger partial charge in [0.25, 0.3) is 0 Å². The second kappa shape index (κ2) is 6.08. The molecule has 0 aliphatic heterocycles. The van der Waals surface area contributed by atoms with Crippen molar-refractivity contribution in [3.63, 3.8) is 0 Å². The summed E-state index contributed by atoms with van der Waals surface area (Å²) in [6.07, 6.45) is 1.11. The van der Waals surface area contributed by atoms with Crippen LogP contribution in [0.1, 0.15) is 6.92 Å². The third-order valence-electron chi connectivity index (χ3n) is 2.55. The molecule has 20 heavy (non-hydrogen) atoms. The zero-order chi connectivity index (χ0) is 15.5. The molecule has 0 fully saturated rings. The monoisotopic (exact) mass is 307 g/mol. The van der Waals surface area contributed by atoms with Gasteiger partial charge in [0.15, 0.2) is 27.3 Å². The molecule has 0 saturated heterocycles. The molecule has 1 rings (SSSR count). The Hall–Kier alpha value is -1.83. The second-order valence-electron chi connectivity index (χ2n) is 3.97. The summed E-state index contributed by atoms with van der Waals surface area (Å²) in [5, 5.41) is 0.430. The summed E-state index contributed by atoms with van der Waals surface area (Å²) in [5.41, 5.74) is -0.630. The van der Waals surface area contributed by atoms with Crippen molar-refractivity contribution in [2.24, 2.45) is 0 Å². The number of anilines is 1. The number of benzene rings is 1. The van der Waals surface area contributed by atoms with Gasteiger partial charge in [-0.1, -0.05) is 6.08 Å². The van der Waals surface area contributed by atoms with Gasteiger partial charge in [-0.15, -0.1) is 6.58 Å². The zero-order valence-corrected chi connectivity index (χ0v) is 11.3. The maximum absolute atomic E-state index is 13.3. The van der Waals surface area contributed by atoms with Crippen LogP contribution in [0.3, 0.4) is 0 Å². The number of rotatable bonds is 5. The number of sulfone groups is 1. The summed E-state index contributed by atoms with van der Waals surface area (Å²) < 4.78 is 62.2. The van der Waals surface area contributed by atoms with E-state index in [0.717, 1.165) is 19.1 Å². The van der Waals surface area contributed by atoms with Crippen molar-refractivity contribution in [3.8, 4) is 0 Å². The van der Waals surface area contributed by atoms with Crippen LogP contribution < -0.4 is 5.32 Å². The number of nitrogens with one attached hydrogen (secondary N) is 1. The van der Waals surface area contributed by atoms with Gasteiger partial charge in [-0.05, 0) is 19.1 Å². The first-order chi connectivity index (χ1) is 9.20. The van der Waals surface area contributed by atoms with Gasteiger partial charge in [0.2, 0.25) is 5.91 Å². The predicted molar refractivity (Wildman–Crippen MR) is 68.4 cm³/mol. The van der Waals surface area contributed by atoms with Crippen LogP contribution in [0.2, 0.25) is 0 Å². The van der Waals surface area contributed by atoms with Gasteiger partial charge in [0.1, 0.15) is 5.25 Å². The minimum Gasteiger partial charge on any atom is -0.322 e. The lowest BCUT2D eigenvalue weighted by molar-refractivity contribution is -0.115. The Bertz CT molecular complexity index is 644. The maximum Gasteiger partial charge on any atom is 0.242 e. The van der Waals surface area contributed by atoms with Crippen LogP contribution >= 0.6 is 0 Å². The van der Waals surface area contributed by atoms with Crippen molar-refractivity contribution >= 4 is 21.4 Å². The number of carbonyl (C=O) groups is 1. The molecule has 0 aliphatic rings. The molecule has 1 atom stereocenters. The fourth-order valence-corrected chi connectivity index (χ4v) is 2.33. The van der Waals surface area contributed by atoms with Crippen LogP contribution in [-0.2, 0) is 14.6 Å². The van der Waals surface area contributed by atoms with Crippen LogP contribution in [-0.4, -0.2) is 25.3 Å². The van der Waals surface area contributed by atoms with E-state index in [0.29, 0.717) is 6.07 Å². The molecule has 1 aromatic rings. The van der Waals surface area contributed by atoms with Gasteiger partial charge in [-0.25, -0.2) is 21.6 Å². The van der Waals surface area contributed by atoms with Gasteiger partial charge in [-0.2, -0.15) is 0 Å². The van der Waals surface area contributed by atoms with Crippen molar-refractivity contribution in [1.82, 2.24) is 0 Å². The lowest BCUT2D eigenvalue weighted by Gasteiger charge is -2.13. The summed E-state index contributed by atoms with van der Waals surface area (Å²) in [5.74, 6) is -6.22. The van der Waals surface area contributed by atoms with E-state index in [9.17, 15) is 26.4 Å². The molecule has 0 bridgehead atoms. The normalized spacial score (nSPS) is 12.8. The lowest BCUT2D eigenvalue weighted by Crippen LogP contribution is -2.34. The molecular weight excluding hydrogens is 295 g/mol. The molecule has 110 valence electrons. The van der Waals surface area contributed by atoms with Gasteiger partial charge < -0.3 is 5.32 Å².